The molecule has 0 spiro atoms. The number of hydrogen-bond donors (Lipinski definition) is 0. The highest BCUT2D eigenvalue weighted by Gasteiger charge is 2.13. The van der Waals surface area contributed by atoms with Gasteiger partial charge in [-0.3, -0.25) is 0 Å². The smallest absolute Gasteiger partial charge is 0.135 e. The van der Waals surface area contributed by atoms with E-state index in [1.54, 1.807) is 0 Å². The highest BCUT2D eigenvalue weighted by atomic mass is 79.9. The Bertz CT molecular complexity index is 552. The van der Waals surface area contributed by atoms with Gasteiger partial charge in [0.25, 0.3) is 0 Å². The van der Waals surface area contributed by atoms with Crippen molar-refractivity contribution in [3.05, 3.63) is 52.1 Å². The summed E-state index contributed by atoms with van der Waals surface area (Å²) in [5.74, 6) is 1.02. The lowest BCUT2D eigenvalue weighted by Crippen LogP contribution is -2.19. The molecule has 94 valence electrons. The molecular weight excluding hydrogens is 288 g/mol. The van der Waals surface area contributed by atoms with E-state index in [9.17, 15) is 0 Å². The fourth-order valence-corrected chi connectivity index (χ4v) is 2.56. The third-order valence-corrected chi connectivity index (χ3v) is 3.43. The third-order valence-electron chi connectivity index (χ3n) is 3.00. The van der Waals surface area contributed by atoms with E-state index in [2.05, 4.69) is 76.9 Å². The van der Waals surface area contributed by atoms with Crippen molar-refractivity contribution in [3.63, 3.8) is 0 Å². The molecule has 0 unspecified atom stereocenters. The number of pyridine rings is 1. The quantitative estimate of drug-likeness (QED) is 0.822. The van der Waals surface area contributed by atoms with Gasteiger partial charge in [-0.2, -0.15) is 0 Å². The fraction of sp³-hybridized carbons (Fsp3) is 0.267. The van der Waals surface area contributed by atoms with Gasteiger partial charge in [-0.1, -0.05) is 18.2 Å². The van der Waals surface area contributed by atoms with Crippen molar-refractivity contribution in [3.8, 4) is 0 Å². The molecule has 2 rings (SSSR count). The zero-order valence-corrected chi connectivity index (χ0v) is 12.5. The number of benzene rings is 1. The van der Waals surface area contributed by atoms with Crippen LogP contribution < -0.4 is 4.90 Å². The van der Waals surface area contributed by atoms with Crippen LogP contribution in [0.25, 0.3) is 0 Å². The minimum absolute atomic E-state index is 0.903. The van der Waals surface area contributed by atoms with Crippen LogP contribution in [0.2, 0.25) is 0 Å². The first-order chi connectivity index (χ1) is 8.63. The number of halogens is 1. The summed E-state index contributed by atoms with van der Waals surface area (Å²) in [6, 6.07) is 10.5. The highest BCUT2D eigenvalue weighted by Crippen LogP contribution is 2.29. The topological polar surface area (TPSA) is 16.1 Å². The van der Waals surface area contributed by atoms with E-state index in [0.29, 0.717) is 0 Å². The van der Waals surface area contributed by atoms with Crippen LogP contribution in [0.1, 0.15) is 18.1 Å². The van der Waals surface area contributed by atoms with Gasteiger partial charge in [0.15, 0.2) is 0 Å². The molecule has 1 aromatic carbocycles. The summed E-state index contributed by atoms with van der Waals surface area (Å²) in [6.07, 6.45) is 1.85. The summed E-state index contributed by atoms with van der Waals surface area (Å²) in [4.78, 5) is 6.79. The summed E-state index contributed by atoms with van der Waals surface area (Å²) in [7, 11) is 0. The molecule has 3 heteroatoms. The average Bonchev–Trinajstić information content (AvgIpc) is 2.34. The Hall–Kier alpha value is -1.35. The van der Waals surface area contributed by atoms with Crippen LogP contribution in [-0.4, -0.2) is 11.5 Å². The van der Waals surface area contributed by atoms with Gasteiger partial charge >= 0.3 is 0 Å². The summed E-state index contributed by atoms with van der Waals surface area (Å²) in [5.41, 5.74) is 3.66. The van der Waals surface area contributed by atoms with E-state index in [4.69, 9.17) is 0 Å². The molecule has 0 aliphatic carbocycles. The number of nitrogens with zero attached hydrogens (tertiary/aromatic N) is 2. The van der Waals surface area contributed by atoms with E-state index in [1.165, 1.54) is 16.8 Å². The second kappa shape index (κ2) is 5.53. The second-order valence-electron chi connectivity index (χ2n) is 4.32. The Morgan fingerprint density at radius 1 is 1.17 bits per heavy atom. The second-order valence-corrected chi connectivity index (χ2v) is 5.24. The first-order valence-electron chi connectivity index (χ1n) is 6.08. The van der Waals surface area contributed by atoms with Crippen LogP contribution in [0.15, 0.2) is 41.0 Å². The number of para-hydroxylation sites is 1. The van der Waals surface area contributed by atoms with Crippen LogP contribution in [0.4, 0.5) is 11.5 Å². The number of rotatable bonds is 3. The summed E-state index contributed by atoms with van der Waals surface area (Å²) >= 11 is 3.46. The zero-order valence-electron chi connectivity index (χ0n) is 10.9. The molecule has 0 amide bonds. The van der Waals surface area contributed by atoms with E-state index < -0.39 is 0 Å². The Morgan fingerprint density at radius 2 is 1.89 bits per heavy atom. The average molecular weight is 305 g/mol. The van der Waals surface area contributed by atoms with Crippen LogP contribution in [0, 0.1) is 13.8 Å². The number of aromatic nitrogens is 1. The largest absolute Gasteiger partial charge is 0.326 e. The zero-order chi connectivity index (χ0) is 13.1. The van der Waals surface area contributed by atoms with Gasteiger partial charge in [-0.25, -0.2) is 4.98 Å². The number of hydrogen-bond acceptors (Lipinski definition) is 2. The van der Waals surface area contributed by atoms with Gasteiger partial charge in [0.1, 0.15) is 5.82 Å². The molecular formula is C15H17BrN2. The summed E-state index contributed by atoms with van der Waals surface area (Å²) in [5, 5.41) is 0. The molecule has 2 aromatic rings. The molecule has 0 atom stereocenters. The Balaban J connectivity index is 2.49. The lowest BCUT2D eigenvalue weighted by atomic mass is 10.1. The summed E-state index contributed by atoms with van der Waals surface area (Å²) in [6.45, 7) is 7.27. The predicted octanol–water partition coefficient (Wildman–Crippen LogP) is 4.62. The molecule has 0 saturated heterocycles. The van der Waals surface area contributed by atoms with E-state index in [-0.39, 0.29) is 0 Å². The minimum atomic E-state index is 0.903. The van der Waals surface area contributed by atoms with Crippen LogP contribution in [0.5, 0.6) is 0 Å². The van der Waals surface area contributed by atoms with Crippen molar-refractivity contribution < 1.29 is 0 Å². The van der Waals surface area contributed by atoms with Gasteiger partial charge in [-0.15, -0.1) is 0 Å². The first kappa shape index (κ1) is 13.1. The molecule has 0 aliphatic heterocycles. The van der Waals surface area contributed by atoms with Gasteiger partial charge in [0, 0.05) is 22.9 Å². The van der Waals surface area contributed by atoms with Crippen molar-refractivity contribution in [2.75, 3.05) is 11.4 Å². The van der Waals surface area contributed by atoms with E-state index in [0.717, 1.165) is 16.8 Å². The molecule has 0 N–H and O–H groups in total. The SMILES string of the molecule is CCN(c1ccccc1C)c1ncc(Br)cc1C. The molecule has 0 radical (unpaired) electrons. The van der Waals surface area contributed by atoms with Gasteiger partial charge in [0.05, 0.1) is 0 Å². The van der Waals surface area contributed by atoms with Crippen molar-refractivity contribution >= 4 is 27.4 Å². The third kappa shape index (κ3) is 2.56. The Morgan fingerprint density at radius 3 is 2.50 bits per heavy atom. The van der Waals surface area contributed by atoms with Crippen LogP contribution >= 0.6 is 15.9 Å². The van der Waals surface area contributed by atoms with E-state index in [1.807, 2.05) is 6.20 Å². The maximum atomic E-state index is 4.55. The van der Waals surface area contributed by atoms with Gasteiger partial charge in [-0.05, 0) is 60.0 Å². The standard InChI is InChI=1S/C15H17BrN2/c1-4-18(14-8-6-5-7-11(14)2)15-12(3)9-13(16)10-17-15/h5-10H,4H2,1-3H3. The van der Waals surface area contributed by atoms with Crippen molar-refractivity contribution in [1.29, 1.82) is 0 Å². The lowest BCUT2D eigenvalue weighted by molar-refractivity contribution is 0.971. The number of aryl methyl sites for hydroxylation is 2. The molecule has 0 fully saturated rings. The molecule has 0 aliphatic rings. The number of anilines is 2. The maximum Gasteiger partial charge on any atom is 0.135 e. The first-order valence-corrected chi connectivity index (χ1v) is 6.88. The molecule has 2 nitrogen and oxygen atoms in total. The Labute approximate surface area is 117 Å². The monoisotopic (exact) mass is 304 g/mol. The van der Waals surface area contributed by atoms with Gasteiger partial charge in [0.2, 0.25) is 0 Å². The van der Waals surface area contributed by atoms with Crippen molar-refractivity contribution in [1.82, 2.24) is 4.98 Å². The van der Waals surface area contributed by atoms with Crippen molar-refractivity contribution in [2.45, 2.75) is 20.8 Å². The van der Waals surface area contributed by atoms with Gasteiger partial charge < -0.3 is 4.90 Å². The summed E-state index contributed by atoms with van der Waals surface area (Å²) < 4.78 is 1.02. The molecule has 1 aromatic heterocycles. The molecule has 0 bridgehead atoms. The predicted molar refractivity (Wildman–Crippen MR) is 80.5 cm³/mol. The lowest BCUT2D eigenvalue weighted by Gasteiger charge is -2.25. The van der Waals surface area contributed by atoms with E-state index >= 15 is 0 Å². The highest BCUT2D eigenvalue weighted by molar-refractivity contribution is 9.10. The Kier molecular flexibility index (Phi) is 4.02. The van der Waals surface area contributed by atoms with Crippen LogP contribution in [0.3, 0.4) is 0 Å². The molecule has 1 heterocycles. The fourth-order valence-electron chi connectivity index (χ4n) is 2.12. The molecule has 18 heavy (non-hydrogen) atoms. The minimum Gasteiger partial charge on any atom is -0.326 e. The van der Waals surface area contributed by atoms with Crippen LogP contribution in [-0.2, 0) is 0 Å². The normalized spacial score (nSPS) is 10.4. The van der Waals surface area contributed by atoms with Crippen molar-refractivity contribution in [2.24, 2.45) is 0 Å². The maximum absolute atomic E-state index is 4.55. The molecule has 0 saturated carbocycles.